The smallest absolute Gasteiger partial charge is 0.223 e. The zero-order chi connectivity index (χ0) is 15.3. The Morgan fingerprint density at radius 1 is 1.25 bits per heavy atom. The van der Waals surface area contributed by atoms with Crippen LogP contribution >= 0.6 is 0 Å². The number of anilines is 1. The van der Waals surface area contributed by atoms with Gasteiger partial charge < -0.3 is 15.1 Å². The lowest BCUT2D eigenvalue weighted by molar-refractivity contribution is -0.129. The molecule has 0 aliphatic rings. The van der Waals surface area contributed by atoms with Gasteiger partial charge in [-0.1, -0.05) is 12.1 Å². The van der Waals surface area contributed by atoms with Crippen LogP contribution in [0.1, 0.15) is 24.5 Å². The number of amides is 1. The fourth-order valence-corrected chi connectivity index (χ4v) is 2.04. The summed E-state index contributed by atoms with van der Waals surface area (Å²) in [6, 6.07) is 6.63. The molecule has 0 fully saturated rings. The number of carbonyl (C=O) groups is 1. The molecule has 112 valence electrons. The Morgan fingerprint density at radius 2 is 1.90 bits per heavy atom. The standard InChI is InChI=1S/C16H27N3O/c1-12-7-8-14(15(9-12)18(3)4)11-17-13(2)10-16(20)19(5)6/h7-9,13,17H,10-11H2,1-6H3/t13-/m1/s1. The number of nitrogens with zero attached hydrogens (tertiary/aromatic N) is 2. The normalized spacial score (nSPS) is 12.1. The molecule has 1 N–H and O–H groups in total. The number of carbonyl (C=O) groups excluding carboxylic acids is 1. The predicted octanol–water partition coefficient (Wildman–Crippen LogP) is 2.02. The number of rotatable bonds is 6. The molecule has 1 rings (SSSR count). The molecular weight excluding hydrogens is 250 g/mol. The van der Waals surface area contributed by atoms with Gasteiger partial charge in [0.1, 0.15) is 0 Å². The SMILES string of the molecule is Cc1ccc(CN[C@H](C)CC(=O)N(C)C)c(N(C)C)c1. The fourth-order valence-electron chi connectivity index (χ4n) is 2.04. The van der Waals surface area contributed by atoms with Crippen LogP contribution in [0.15, 0.2) is 18.2 Å². The summed E-state index contributed by atoms with van der Waals surface area (Å²) in [5.41, 5.74) is 3.74. The van der Waals surface area contributed by atoms with Crippen molar-refractivity contribution in [1.82, 2.24) is 10.2 Å². The van der Waals surface area contributed by atoms with E-state index < -0.39 is 0 Å². The van der Waals surface area contributed by atoms with Crippen molar-refractivity contribution >= 4 is 11.6 Å². The van der Waals surface area contributed by atoms with Crippen molar-refractivity contribution in [2.45, 2.75) is 32.9 Å². The van der Waals surface area contributed by atoms with Gasteiger partial charge in [0.25, 0.3) is 0 Å². The number of hydrogen-bond donors (Lipinski definition) is 1. The van der Waals surface area contributed by atoms with Gasteiger partial charge in [-0.15, -0.1) is 0 Å². The molecule has 1 aromatic carbocycles. The maximum atomic E-state index is 11.7. The third-order valence-corrected chi connectivity index (χ3v) is 3.34. The minimum Gasteiger partial charge on any atom is -0.377 e. The third-order valence-electron chi connectivity index (χ3n) is 3.34. The first-order valence-corrected chi connectivity index (χ1v) is 7.01. The molecule has 0 unspecified atom stereocenters. The summed E-state index contributed by atoms with van der Waals surface area (Å²) in [7, 11) is 7.69. The summed E-state index contributed by atoms with van der Waals surface area (Å²) < 4.78 is 0. The lowest BCUT2D eigenvalue weighted by Crippen LogP contribution is -2.33. The average Bonchev–Trinajstić information content (AvgIpc) is 2.36. The van der Waals surface area contributed by atoms with E-state index in [1.54, 1.807) is 19.0 Å². The second kappa shape index (κ2) is 7.29. The molecule has 0 aliphatic carbocycles. The fraction of sp³-hybridized carbons (Fsp3) is 0.562. The topological polar surface area (TPSA) is 35.6 Å². The first-order valence-electron chi connectivity index (χ1n) is 7.01. The Labute approximate surface area is 122 Å². The molecule has 0 saturated heterocycles. The molecule has 0 saturated carbocycles. The average molecular weight is 277 g/mol. The maximum absolute atomic E-state index is 11.7. The van der Waals surface area contributed by atoms with Crippen molar-refractivity contribution in [3.05, 3.63) is 29.3 Å². The molecule has 1 atom stereocenters. The van der Waals surface area contributed by atoms with E-state index in [4.69, 9.17) is 0 Å². The highest BCUT2D eigenvalue weighted by atomic mass is 16.2. The number of benzene rings is 1. The van der Waals surface area contributed by atoms with Crippen molar-refractivity contribution in [1.29, 1.82) is 0 Å². The van der Waals surface area contributed by atoms with Gasteiger partial charge in [0.05, 0.1) is 0 Å². The van der Waals surface area contributed by atoms with Gasteiger partial charge in [0.2, 0.25) is 5.91 Å². The molecule has 0 spiro atoms. The van der Waals surface area contributed by atoms with Crippen LogP contribution in [0, 0.1) is 6.92 Å². The van der Waals surface area contributed by atoms with E-state index in [1.165, 1.54) is 16.8 Å². The van der Waals surface area contributed by atoms with E-state index in [2.05, 4.69) is 49.4 Å². The van der Waals surface area contributed by atoms with Gasteiger partial charge in [0, 0.05) is 52.9 Å². The zero-order valence-corrected chi connectivity index (χ0v) is 13.5. The molecule has 1 amide bonds. The first-order chi connectivity index (χ1) is 9.31. The summed E-state index contributed by atoms with van der Waals surface area (Å²) in [4.78, 5) is 15.4. The van der Waals surface area contributed by atoms with E-state index in [-0.39, 0.29) is 11.9 Å². The zero-order valence-electron chi connectivity index (χ0n) is 13.5. The molecule has 4 nitrogen and oxygen atoms in total. The minimum absolute atomic E-state index is 0.154. The van der Waals surface area contributed by atoms with Crippen LogP contribution in [0.25, 0.3) is 0 Å². The van der Waals surface area contributed by atoms with Crippen molar-refractivity contribution in [3.8, 4) is 0 Å². The van der Waals surface area contributed by atoms with Crippen LogP contribution in [-0.2, 0) is 11.3 Å². The molecule has 0 bridgehead atoms. The van der Waals surface area contributed by atoms with Crippen molar-refractivity contribution in [2.24, 2.45) is 0 Å². The summed E-state index contributed by atoms with van der Waals surface area (Å²) in [5, 5.41) is 3.43. The number of hydrogen-bond acceptors (Lipinski definition) is 3. The Bertz CT molecular complexity index is 455. The van der Waals surface area contributed by atoms with Crippen LogP contribution < -0.4 is 10.2 Å². The maximum Gasteiger partial charge on any atom is 0.223 e. The first kappa shape index (κ1) is 16.5. The predicted molar refractivity (Wildman–Crippen MR) is 85.1 cm³/mol. The van der Waals surface area contributed by atoms with E-state index in [0.717, 1.165) is 6.54 Å². The summed E-state index contributed by atoms with van der Waals surface area (Å²) in [6.45, 7) is 4.92. The molecule has 0 radical (unpaired) electrons. The van der Waals surface area contributed by atoms with E-state index in [9.17, 15) is 4.79 Å². The highest BCUT2D eigenvalue weighted by Gasteiger charge is 2.11. The summed E-state index contributed by atoms with van der Waals surface area (Å²) in [5.74, 6) is 0.154. The van der Waals surface area contributed by atoms with Gasteiger partial charge in [-0.2, -0.15) is 0 Å². The molecule has 0 heterocycles. The van der Waals surface area contributed by atoms with Gasteiger partial charge in [-0.3, -0.25) is 4.79 Å². The van der Waals surface area contributed by atoms with Crippen LogP contribution in [-0.4, -0.2) is 45.0 Å². The molecule has 0 aromatic heterocycles. The molecular formula is C16H27N3O. The quantitative estimate of drug-likeness (QED) is 0.864. The lowest BCUT2D eigenvalue weighted by Gasteiger charge is -2.21. The second-order valence-corrected chi connectivity index (χ2v) is 5.80. The largest absolute Gasteiger partial charge is 0.377 e. The van der Waals surface area contributed by atoms with E-state index in [1.807, 2.05) is 6.92 Å². The minimum atomic E-state index is 0.154. The molecule has 4 heteroatoms. The highest BCUT2D eigenvalue weighted by Crippen LogP contribution is 2.20. The Balaban J connectivity index is 2.63. The second-order valence-electron chi connectivity index (χ2n) is 5.80. The van der Waals surface area contributed by atoms with Crippen LogP contribution in [0.3, 0.4) is 0 Å². The van der Waals surface area contributed by atoms with E-state index >= 15 is 0 Å². The van der Waals surface area contributed by atoms with Gasteiger partial charge in [-0.05, 0) is 31.0 Å². The Hall–Kier alpha value is -1.55. The van der Waals surface area contributed by atoms with Crippen molar-refractivity contribution in [2.75, 3.05) is 33.1 Å². The monoisotopic (exact) mass is 277 g/mol. The Kier molecular flexibility index (Phi) is 6.02. The van der Waals surface area contributed by atoms with Gasteiger partial charge in [0.15, 0.2) is 0 Å². The molecule has 0 aliphatic heterocycles. The summed E-state index contributed by atoms with van der Waals surface area (Å²) >= 11 is 0. The summed E-state index contributed by atoms with van der Waals surface area (Å²) in [6.07, 6.45) is 0.524. The molecule has 1 aromatic rings. The highest BCUT2D eigenvalue weighted by molar-refractivity contribution is 5.76. The van der Waals surface area contributed by atoms with Crippen LogP contribution in [0.5, 0.6) is 0 Å². The van der Waals surface area contributed by atoms with Gasteiger partial charge in [-0.25, -0.2) is 0 Å². The van der Waals surface area contributed by atoms with E-state index in [0.29, 0.717) is 6.42 Å². The molecule has 20 heavy (non-hydrogen) atoms. The van der Waals surface area contributed by atoms with Gasteiger partial charge >= 0.3 is 0 Å². The third kappa shape index (κ3) is 4.85. The lowest BCUT2D eigenvalue weighted by atomic mass is 10.1. The van der Waals surface area contributed by atoms with Crippen LogP contribution in [0.2, 0.25) is 0 Å². The van der Waals surface area contributed by atoms with Crippen molar-refractivity contribution in [3.63, 3.8) is 0 Å². The Morgan fingerprint density at radius 3 is 2.45 bits per heavy atom. The number of nitrogens with one attached hydrogen (secondary N) is 1. The number of aryl methyl sites for hydroxylation is 1. The van der Waals surface area contributed by atoms with Crippen molar-refractivity contribution < 1.29 is 4.79 Å². The van der Waals surface area contributed by atoms with Crippen LogP contribution in [0.4, 0.5) is 5.69 Å².